The van der Waals surface area contributed by atoms with Crippen LogP contribution in [-0.4, -0.2) is 26.6 Å². The molecule has 17 heavy (non-hydrogen) atoms. The van der Waals surface area contributed by atoms with E-state index in [0.717, 1.165) is 11.1 Å². The highest BCUT2D eigenvalue weighted by Gasteiger charge is 2.49. The lowest BCUT2D eigenvalue weighted by Crippen LogP contribution is -2.46. The van der Waals surface area contributed by atoms with Crippen LogP contribution in [0, 0.1) is 11.3 Å². The molecule has 0 bridgehead atoms. The summed E-state index contributed by atoms with van der Waals surface area (Å²) in [5.74, 6) is 0.469. The van der Waals surface area contributed by atoms with Crippen molar-refractivity contribution in [2.75, 3.05) is 20.8 Å². The van der Waals surface area contributed by atoms with Gasteiger partial charge in [0.25, 0.3) is 0 Å². The summed E-state index contributed by atoms with van der Waals surface area (Å²) in [6, 6.07) is 7.61. The first kappa shape index (κ1) is 11.6. The molecular weight excluding hydrogens is 218 g/mol. The first-order chi connectivity index (χ1) is 8.17. The third-order valence-electron chi connectivity index (χ3n) is 3.17. The average molecular weight is 231 g/mol. The van der Waals surface area contributed by atoms with E-state index in [0.29, 0.717) is 12.2 Å². The Morgan fingerprint density at radius 2 is 2.29 bits per heavy atom. The van der Waals surface area contributed by atoms with Crippen molar-refractivity contribution in [2.24, 2.45) is 0 Å². The normalized spacial score (nSPS) is 21.0. The quantitative estimate of drug-likeness (QED) is 0.782. The molecule has 2 rings (SSSR count). The van der Waals surface area contributed by atoms with E-state index in [1.807, 2.05) is 12.1 Å². The molecule has 4 nitrogen and oxygen atoms in total. The standard InChI is InChI=1S/C13H13NO3/c1-16-7-12(15)13(8-14)6-9-3-4-10(17-2)5-11(9)13/h3-5H,6-7H2,1-2H3. The highest BCUT2D eigenvalue weighted by molar-refractivity contribution is 5.97. The number of ketones is 1. The minimum atomic E-state index is -1.04. The minimum Gasteiger partial charge on any atom is -0.497 e. The van der Waals surface area contributed by atoms with E-state index in [1.54, 1.807) is 13.2 Å². The number of methoxy groups -OCH3 is 2. The van der Waals surface area contributed by atoms with Gasteiger partial charge in [-0.15, -0.1) is 0 Å². The molecule has 0 aliphatic heterocycles. The maximum Gasteiger partial charge on any atom is 0.183 e. The maximum atomic E-state index is 12.0. The van der Waals surface area contributed by atoms with E-state index < -0.39 is 5.41 Å². The van der Waals surface area contributed by atoms with E-state index in [9.17, 15) is 10.1 Å². The molecule has 0 radical (unpaired) electrons. The lowest BCUT2D eigenvalue weighted by molar-refractivity contribution is -0.127. The molecule has 0 N–H and O–H groups in total. The highest BCUT2D eigenvalue weighted by atomic mass is 16.5. The zero-order valence-corrected chi connectivity index (χ0v) is 9.82. The van der Waals surface area contributed by atoms with Crippen LogP contribution in [0.2, 0.25) is 0 Å². The van der Waals surface area contributed by atoms with Crippen molar-refractivity contribution in [3.63, 3.8) is 0 Å². The van der Waals surface area contributed by atoms with Crippen molar-refractivity contribution in [1.82, 2.24) is 0 Å². The molecule has 1 atom stereocenters. The number of nitriles is 1. The zero-order chi connectivity index (χ0) is 12.5. The second kappa shape index (κ2) is 4.19. The summed E-state index contributed by atoms with van der Waals surface area (Å²) in [7, 11) is 3.01. The van der Waals surface area contributed by atoms with Crippen LogP contribution in [0.1, 0.15) is 11.1 Å². The second-order valence-electron chi connectivity index (χ2n) is 4.07. The van der Waals surface area contributed by atoms with Gasteiger partial charge in [-0.1, -0.05) is 6.07 Å². The number of hydrogen-bond donors (Lipinski definition) is 0. The third kappa shape index (κ3) is 1.60. The minimum absolute atomic E-state index is 0.0375. The van der Waals surface area contributed by atoms with Crippen LogP contribution in [0.3, 0.4) is 0 Å². The van der Waals surface area contributed by atoms with Crippen LogP contribution in [0.4, 0.5) is 0 Å². The number of hydrogen-bond acceptors (Lipinski definition) is 4. The molecule has 1 aromatic rings. The molecule has 0 aromatic heterocycles. The van der Waals surface area contributed by atoms with Gasteiger partial charge >= 0.3 is 0 Å². The summed E-state index contributed by atoms with van der Waals surface area (Å²) in [5.41, 5.74) is 0.734. The average Bonchev–Trinajstić information content (AvgIpc) is 2.32. The van der Waals surface area contributed by atoms with E-state index in [4.69, 9.17) is 9.47 Å². The van der Waals surface area contributed by atoms with Crippen molar-refractivity contribution in [3.05, 3.63) is 29.3 Å². The first-order valence-corrected chi connectivity index (χ1v) is 5.29. The summed E-state index contributed by atoms with van der Waals surface area (Å²) < 4.78 is 9.94. The van der Waals surface area contributed by atoms with Gasteiger partial charge in [0.15, 0.2) is 5.78 Å². The Balaban J connectivity index is 2.41. The number of fused-ring (bicyclic) bond motifs is 1. The molecule has 0 heterocycles. The fourth-order valence-corrected chi connectivity index (χ4v) is 2.17. The van der Waals surface area contributed by atoms with E-state index in [1.165, 1.54) is 7.11 Å². The van der Waals surface area contributed by atoms with Gasteiger partial charge in [0, 0.05) is 13.5 Å². The van der Waals surface area contributed by atoms with Gasteiger partial charge in [-0.2, -0.15) is 5.26 Å². The number of nitrogens with zero attached hydrogens (tertiary/aromatic N) is 1. The van der Waals surface area contributed by atoms with Gasteiger partial charge in [0.05, 0.1) is 13.2 Å². The van der Waals surface area contributed by atoms with E-state index in [2.05, 4.69) is 6.07 Å². The van der Waals surface area contributed by atoms with Crippen LogP contribution >= 0.6 is 0 Å². The molecule has 1 unspecified atom stereocenters. The number of benzene rings is 1. The van der Waals surface area contributed by atoms with Crippen LogP contribution in [-0.2, 0) is 21.4 Å². The predicted molar refractivity (Wildman–Crippen MR) is 60.9 cm³/mol. The lowest BCUT2D eigenvalue weighted by Gasteiger charge is -2.36. The van der Waals surface area contributed by atoms with Crippen molar-refractivity contribution >= 4 is 5.78 Å². The number of carbonyl (C=O) groups is 1. The summed E-state index contributed by atoms with van der Waals surface area (Å²) in [6.45, 7) is -0.0375. The Labute approximate surface area is 99.8 Å². The van der Waals surface area contributed by atoms with E-state index >= 15 is 0 Å². The van der Waals surface area contributed by atoms with Crippen LogP contribution in [0.5, 0.6) is 5.75 Å². The molecule has 0 amide bonds. The van der Waals surface area contributed by atoms with Gasteiger partial charge in [-0.3, -0.25) is 4.79 Å². The molecule has 1 aromatic carbocycles. The SMILES string of the molecule is COCC(=O)C1(C#N)Cc2ccc(OC)cc21. The summed E-state index contributed by atoms with van der Waals surface area (Å²) in [5, 5.41) is 9.28. The molecule has 0 spiro atoms. The molecule has 4 heteroatoms. The Kier molecular flexibility index (Phi) is 2.86. The molecule has 0 fully saturated rings. The Hall–Kier alpha value is -1.86. The fourth-order valence-electron chi connectivity index (χ4n) is 2.17. The Bertz CT molecular complexity index is 504. The number of carbonyl (C=O) groups excluding carboxylic acids is 1. The first-order valence-electron chi connectivity index (χ1n) is 5.29. The van der Waals surface area contributed by atoms with Gasteiger partial charge in [-0.25, -0.2) is 0 Å². The van der Waals surface area contributed by atoms with Crippen molar-refractivity contribution < 1.29 is 14.3 Å². The smallest absolute Gasteiger partial charge is 0.183 e. The van der Waals surface area contributed by atoms with Gasteiger partial charge in [0.2, 0.25) is 0 Å². The number of rotatable bonds is 4. The summed E-state index contributed by atoms with van der Waals surface area (Å²) in [6.07, 6.45) is 0.463. The predicted octanol–water partition coefficient (Wildman–Crippen LogP) is 1.23. The molecule has 0 saturated heterocycles. The van der Waals surface area contributed by atoms with Crippen molar-refractivity contribution in [2.45, 2.75) is 11.8 Å². The Morgan fingerprint density at radius 1 is 1.53 bits per heavy atom. The van der Waals surface area contributed by atoms with Gasteiger partial charge < -0.3 is 9.47 Å². The van der Waals surface area contributed by atoms with Gasteiger partial charge in [0.1, 0.15) is 17.8 Å². The third-order valence-corrected chi connectivity index (χ3v) is 3.17. The van der Waals surface area contributed by atoms with Crippen LogP contribution in [0.25, 0.3) is 0 Å². The molecule has 1 aliphatic rings. The van der Waals surface area contributed by atoms with Crippen molar-refractivity contribution in [1.29, 1.82) is 5.26 Å². The van der Waals surface area contributed by atoms with Gasteiger partial charge in [-0.05, 0) is 23.3 Å². The number of Topliss-reactive ketones (excluding diaryl/α,β-unsaturated/α-hetero) is 1. The van der Waals surface area contributed by atoms with Crippen LogP contribution in [0.15, 0.2) is 18.2 Å². The molecular formula is C13H13NO3. The summed E-state index contributed by atoms with van der Waals surface area (Å²) in [4.78, 5) is 12.0. The number of ether oxygens (including phenoxy) is 2. The maximum absolute atomic E-state index is 12.0. The molecule has 1 aliphatic carbocycles. The summed E-state index contributed by atoms with van der Waals surface area (Å²) >= 11 is 0. The Morgan fingerprint density at radius 3 is 2.88 bits per heavy atom. The van der Waals surface area contributed by atoms with E-state index in [-0.39, 0.29) is 12.4 Å². The lowest BCUT2D eigenvalue weighted by atomic mass is 9.62. The fraction of sp³-hybridized carbons (Fsp3) is 0.385. The largest absolute Gasteiger partial charge is 0.497 e. The molecule has 88 valence electrons. The van der Waals surface area contributed by atoms with Crippen LogP contribution < -0.4 is 4.74 Å². The molecule has 0 saturated carbocycles. The highest BCUT2D eigenvalue weighted by Crippen LogP contribution is 2.43. The monoisotopic (exact) mass is 231 g/mol. The second-order valence-corrected chi connectivity index (χ2v) is 4.07. The zero-order valence-electron chi connectivity index (χ0n) is 9.82. The topological polar surface area (TPSA) is 59.3 Å². The van der Waals surface area contributed by atoms with Crippen molar-refractivity contribution in [3.8, 4) is 11.8 Å².